The Hall–Kier alpha value is -1.92. The fourth-order valence-electron chi connectivity index (χ4n) is 2.45. The lowest BCUT2D eigenvalue weighted by atomic mass is 10.1. The normalized spacial score (nSPS) is 12.3. The molecule has 1 unspecified atom stereocenters. The lowest BCUT2D eigenvalue weighted by molar-refractivity contribution is -0.120. The SMILES string of the molecule is Cc1cc(C)cc(OCCN(C)C(C)C(=O)Nc2nc(C)c(C)s2)c1. The minimum Gasteiger partial charge on any atom is -0.492 e. The van der Waals surface area contributed by atoms with E-state index in [1.807, 2.05) is 44.9 Å². The van der Waals surface area contributed by atoms with E-state index in [-0.39, 0.29) is 11.9 Å². The van der Waals surface area contributed by atoms with E-state index in [2.05, 4.69) is 30.2 Å². The van der Waals surface area contributed by atoms with E-state index in [4.69, 9.17) is 4.74 Å². The second kappa shape index (κ2) is 8.45. The number of aromatic nitrogens is 1. The van der Waals surface area contributed by atoms with E-state index in [1.165, 1.54) is 22.5 Å². The molecule has 0 saturated heterocycles. The minimum absolute atomic E-state index is 0.0531. The molecule has 6 heteroatoms. The molecule has 0 aliphatic rings. The number of benzene rings is 1. The van der Waals surface area contributed by atoms with Crippen LogP contribution < -0.4 is 10.1 Å². The van der Waals surface area contributed by atoms with Crippen LogP contribution in [0.1, 0.15) is 28.6 Å². The highest BCUT2D eigenvalue weighted by molar-refractivity contribution is 7.15. The van der Waals surface area contributed by atoms with Crippen LogP contribution in [-0.2, 0) is 4.79 Å². The third-order valence-electron chi connectivity index (χ3n) is 4.21. The molecule has 1 atom stereocenters. The number of hydrogen-bond donors (Lipinski definition) is 1. The highest BCUT2D eigenvalue weighted by atomic mass is 32.1. The van der Waals surface area contributed by atoms with Gasteiger partial charge in [-0.1, -0.05) is 6.07 Å². The number of hydrogen-bond acceptors (Lipinski definition) is 5. The smallest absolute Gasteiger partial charge is 0.243 e. The van der Waals surface area contributed by atoms with Gasteiger partial charge < -0.3 is 10.1 Å². The Balaban J connectivity index is 1.82. The highest BCUT2D eigenvalue weighted by Gasteiger charge is 2.19. The van der Waals surface area contributed by atoms with Crippen LogP contribution in [0.2, 0.25) is 0 Å². The second-order valence-corrected chi connectivity index (χ2v) is 7.68. The van der Waals surface area contributed by atoms with Crippen LogP contribution in [0.25, 0.3) is 0 Å². The maximum atomic E-state index is 12.4. The summed E-state index contributed by atoms with van der Waals surface area (Å²) in [6, 6.07) is 5.91. The molecule has 1 heterocycles. The molecule has 1 N–H and O–H groups in total. The van der Waals surface area contributed by atoms with Crippen LogP contribution in [0.15, 0.2) is 18.2 Å². The summed E-state index contributed by atoms with van der Waals surface area (Å²) < 4.78 is 5.82. The molecule has 2 rings (SSSR count). The first kappa shape index (κ1) is 19.4. The zero-order valence-electron chi connectivity index (χ0n) is 15.8. The summed E-state index contributed by atoms with van der Waals surface area (Å²) in [6.45, 7) is 11.1. The Morgan fingerprint density at radius 1 is 1.24 bits per heavy atom. The summed E-state index contributed by atoms with van der Waals surface area (Å²) in [5.41, 5.74) is 3.33. The third kappa shape index (κ3) is 5.54. The number of nitrogens with one attached hydrogen (secondary N) is 1. The Morgan fingerprint density at radius 3 is 2.44 bits per heavy atom. The predicted molar refractivity (Wildman–Crippen MR) is 104 cm³/mol. The van der Waals surface area contributed by atoms with Gasteiger partial charge in [0.25, 0.3) is 0 Å². The van der Waals surface area contributed by atoms with Gasteiger partial charge in [-0.25, -0.2) is 4.98 Å². The van der Waals surface area contributed by atoms with Crippen molar-refractivity contribution < 1.29 is 9.53 Å². The van der Waals surface area contributed by atoms with Gasteiger partial charge in [0, 0.05) is 11.4 Å². The lowest BCUT2D eigenvalue weighted by Crippen LogP contribution is -2.41. The molecule has 0 saturated carbocycles. The van der Waals surface area contributed by atoms with E-state index in [0.29, 0.717) is 18.3 Å². The Morgan fingerprint density at radius 2 is 1.88 bits per heavy atom. The molecule has 0 aliphatic carbocycles. The summed E-state index contributed by atoms with van der Waals surface area (Å²) in [4.78, 5) is 19.8. The van der Waals surface area contributed by atoms with Gasteiger partial charge in [0.1, 0.15) is 12.4 Å². The van der Waals surface area contributed by atoms with Gasteiger partial charge >= 0.3 is 0 Å². The van der Waals surface area contributed by atoms with Crippen molar-refractivity contribution in [2.75, 3.05) is 25.5 Å². The van der Waals surface area contributed by atoms with Gasteiger partial charge in [0.15, 0.2) is 5.13 Å². The number of likely N-dealkylation sites (N-methyl/N-ethyl adjacent to an activating group) is 1. The molecule has 2 aromatic rings. The first-order valence-electron chi connectivity index (χ1n) is 8.42. The van der Waals surface area contributed by atoms with Gasteiger partial charge in [0.05, 0.1) is 11.7 Å². The zero-order chi connectivity index (χ0) is 18.6. The van der Waals surface area contributed by atoms with E-state index in [1.54, 1.807) is 0 Å². The highest BCUT2D eigenvalue weighted by Crippen LogP contribution is 2.21. The van der Waals surface area contributed by atoms with Crippen molar-refractivity contribution in [1.82, 2.24) is 9.88 Å². The van der Waals surface area contributed by atoms with E-state index in [9.17, 15) is 4.79 Å². The summed E-state index contributed by atoms with van der Waals surface area (Å²) in [7, 11) is 1.92. The van der Waals surface area contributed by atoms with Crippen molar-refractivity contribution in [3.63, 3.8) is 0 Å². The molecular formula is C19H27N3O2S. The number of rotatable bonds is 7. The van der Waals surface area contributed by atoms with E-state index in [0.717, 1.165) is 16.3 Å². The second-order valence-electron chi connectivity index (χ2n) is 6.48. The number of anilines is 1. The number of carbonyl (C=O) groups excluding carboxylic acids is 1. The van der Waals surface area contributed by atoms with Crippen molar-refractivity contribution in [2.24, 2.45) is 0 Å². The molecular weight excluding hydrogens is 334 g/mol. The molecule has 1 amide bonds. The minimum atomic E-state index is -0.257. The van der Waals surface area contributed by atoms with Crippen LogP contribution in [0.5, 0.6) is 5.75 Å². The number of carbonyl (C=O) groups is 1. The first-order chi connectivity index (χ1) is 11.8. The predicted octanol–water partition coefficient (Wildman–Crippen LogP) is 3.71. The van der Waals surface area contributed by atoms with E-state index < -0.39 is 0 Å². The van der Waals surface area contributed by atoms with Crippen LogP contribution in [0.3, 0.4) is 0 Å². The van der Waals surface area contributed by atoms with Gasteiger partial charge in [-0.2, -0.15) is 0 Å². The number of thiazole rings is 1. The standard InChI is InChI=1S/C19H27N3O2S/c1-12-9-13(2)11-17(10-12)24-8-7-22(6)15(4)18(23)21-19-20-14(3)16(5)25-19/h9-11,15H,7-8H2,1-6H3,(H,20,21,23). The zero-order valence-corrected chi connectivity index (χ0v) is 16.7. The fraction of sp³-hybridized carbons (Fsp3) is 0.474. The van der Waals surface area contributed by atoms with Gasteiger partial charge in [-0.3, -0.25) is 9.69 Å². The number of amides is 1. The number of ether oxygens (including phenoxy) is 1. The van der Waals surface area contributed by atoms with Crippen molar-refractivity contribution in [2.45, 2.75) is 40.7 Å². The number of nitrogens with zero attached hydrogens (tertiary/aromatic N) is 2. The van der Waals surface area contributed by atoms with E-state index >= 15 is 0 Å². The van der Waals surface area contributed by atoms with Crippen molar-refractivity contribution >= 4 is 22.4 Å². The Labute approximate surface area is 154 Å². The van der Waals surface area contributed by atoms with Gasteiger partial charge in [-0.15, -0.1) is 11.3 Å². The molecule has 1 aromatic carbocycles. The third-order valence-corrected chi connectivity index (χ3v) is 5.20. The van der Waals surface area contributed by atoms with Crippen molar-refractivity contribution in [3.05, 3.63) is 39.9 Å². The topological polar surface area (TPSA) is 54.5 Å². The Kier molecular flexibility index (Phi) is 6.56. The molecule has 1 aromatic heterocycles. The summed E-state index contributed by atoms with van der Waals surface area (Å²) in [5.74, 6) is 0.819. The average molecular weight is 362 g/mol. The van der Waals surface area contributed by atoms with Crippen LogP contribution in [0, 0.1) is 27.7 Å². The monoisotopic (exact) mass is 361 g/mol. The average Bonchev–Trinajstić information content (AvgIpc) is 2.83. The molecule has 0 spiro atoms. The van der Waals surface area contributed by atoms with Crippen LogP contribution >= 0.6 is 11.3 Å². The number of aryl methyl sites for hydroxylation is 4. The molecule has 0 radical (unpaired) electrons. The van der Waals surface area contributed by atoms with Gasteiger partial charge in [-0.05, 0) is 64.9 Å². The summed E-state index contributed by atoms with van der Waals surface area (Å²) >= 11 is 1.50. The largest absolute Gasteiger partial charge is 0.492 e. The molecule has 0 bridgehead atoms. The fourth-order valence-corrected chi connectivity index (χ4v) is 3.27. The first-order valence-corrected chi connectivity index (χ1v) is 9.24. The molecule has 0 aliphatic heterocycles. The summed E-state index contributed by atoms with van der Waals surface area (Å²) in [5, 5.41) is 3.55. The van der Waals surface area contributed by atoms with Crippen LogP contribution in [0.4, 0.5) is 5.13 Å². The summed E-state index contributed by atoms with van der Waals surface area (Å²) in [6.07, 6.45) is 0. The van der Waals surface area contributed by atoms with Crippen molar-refractivity contribution in [1.29, 1.82) is 0 Å². The maximum Gasteiger partial charge on any atom is 0.243 e. The molecule has 0 fully saturated rings. The van der Waals surface area contributed by atoms with Gasteiger partial charge in [0.2, 0.25) is 5.91 Å². The molecule has 136 valence electrons. The molecule has 25 heavy (non-hydrogen) atoms. The van der Waals surface area contributed by atoms with Crippen molar-refractivity contribution in [3.8, 4) is 5.75 Å². The lowest BCUT2D eigenvalue weighted by Gasteiger charge is -2.23. The Bertz CT molecular complexity index is 703. The van der Waals surface area contributed by atoms with Crippen LogP contribution in [-0.4, -0.2) is 42.0 Å². The molecule has 5 nitrogen and oxygen atoms in total. The quantitative estimate of drug-likeness (QED) is 0.817. The maximum absolute atomic E-state index is 12.4.